The predicted octanol–water partition coefficient (Wildman–Crippen LogP) is 1.98. The van der Waals surface area contributed by atoms with E-state index in [0.29, 0.717) is 17.6 Å². The van der Waals surface area contributed by atoms with E-state index in [2.05, 4.69) is 27.5 Å². The smallest absolute Gasteiger partial charge is 0.269 e. The van der Waals surface area contributed by atoms with Crippen molar-refractivity contribution in [2.75, 3.05) is 28.6 Å². The first-order chi connectivity index (χ1) is 14.8. The second-order valence-electron chi connectivity index (χ2n) is 7.94. The first kappa shape index (κ1) is 20.5. The summed E-state index contributed by atoms with van der Waals surface area (Å²) in [6.07, 6.45) is 1.89. The molecule has 0 radical (unpaired) electrons. The summed E-state index contributed by atoms with van der Waals surface area (Å²) in [5.74, 6) is -1.05. The first-order valence-electron chi connectivity index (χ1n) is 10.1. The average molecular weight is 426 g/mol. The maximum absolute atomic E-state index is 12.9. The Morgan fingerprint density at radius 2 is 2.03 bits per heavy atom. The molecule has 0 spiro atoms. The van der Waals surface area contributed by atoms with E-state index >= 15 is 0 Å². The number of carbonyl (C=O) groups excluding carboxylic acids is 2. The molecule has 11 nitrogen and oxygen atoms in total. The monoisotopic (exact) mass is 426 g/mol. The number of carbonyl (C=O) groups is 2. The number of nitrogens with one attached hydrogen (secondary N) is 3. The molecule has 162 valence electrons. The molecule has 0 unspecified atom stereocenters. The molecular formula is C20H22N6O5. The number of nitro groups is 1. The van der Waals surface area contributed by atoms with Crippen molar-refractivity contribution in [1.29, 1.82) is 0 Å². The van der Waals surface area contributed by atoms with Gasteiger partial charge in [0.15, 0.2) is 0 Å². The standard InChI is InChI=1S/C20H22N6O5/c1-11-3-2-8-25(10-11)20-23-17-16(19(29)24-20)14(9-15(27)22-17)18(28)21-12-4-6-13(7-5-12)26(30)31/h4-7,11,14H,2-3,8-10H2,1H3,(H,21,28)(H2,22,23,24,27,29)/t11-,14+/m1/s1. The maximum atomic E-state index is 12.9. The first-order valence-corrected chi connectivity index (χ1v) is 10.1. The van der Waals surface area contributed by atoms with Crippen molar-refractivity contribution in [2.24, 2.45) is 5.92 Å². The van der Waals surface area contributed by atoms with Gasteiger partial charge in [-0.1, -0.05) is 6.92 Å². The largest absolute Gasteiger partial charge is 0.342 e. The lowest BCUT2D eigenvalue weighted by molar-refractivity contribution is -0.384. The zero-order valence-corrected chi connectivity index (χ0v) is 16.9. The predicted molar refractivity (Wildman–Crippen MR) is 113 cm³/mol. The summed E-state index contributed by atoms with van der Waals surface area (Å²) >= 11 is 0. The van der Waals surface area contributed by atoms with Gasteiger partial charge in [0.1, 0.15) is 5.82 Å². The molecule has 3 N–H and O–H groups in total. The summed E-state index contributed by atoms with van der Waals surface area (Å²) in [5, 5.41) is 16.0. The summed E-state index contributed by atoms with van der Waals surface area (Å²) in [5.41, 5.74) is -0.151. The number of non-ortho nitro benzene ring substituents is 1. The fourth-order valence-electron chi connectivity index (χ4n) is 4.01. The van der Waals surface area contributed by atoms with Crippen molar-refractivity contribution in [3.63, 3.8) is 0 Å². The molecule has 1 saturated heterocycles. The van der Waals surface area contributed by atoms with Gasteiger partial charge >= 0.3 is 0 Å². The minimum atomic E-state index is -1.02. The van der Waals surface area contributed by atoms with Crippen LogP contribution in [0, 0.1) is 16.0 Å². The number of hydrogen-bond donors (Lipinski definition) is 3. The molecule has 2 aromatic rings. The highest BCUT2D eigenvalue weighted by molar-refractivity contribution is 6.04. The van der Waals surface area contributed by atoms with Crippen LogP contribution in [0.1, 0.15) is 37.7 Å². The van der Waals surface area contributed by atoms with Crippen LogP contribution in [0.3, 0.4) is 0 Å². The SMILES string of the molecule is C[C@@H]1CCCN(c2nc3c(c(=O)[nH]2)[C@@H](C(=O)Nc2ccc([N+](=O)[O-])cc2)CC(=O)N3)C1. The Bertz CT molecular complexity index is 1100. The average Bonchev–Trinajstić information content (AvgIpc) is 2.73. The Kier molecular flexibility index (Phi) is 5.40. The Labute approximate surface area is 177 Å². The zero-order chi connectivity index (χ0) is 22.1. The van der Waals surface area contributed by atoms with Crippen molar-refractivity contribution in [1.82, 2.24) is 9.97 Å². The van der Waals surface area contributed by atoms with Gasteiger partial charge in [0.05, 0.1) is 16.4 Å². The number of fused-ring (bicyclic) bond motifs is 1. The summed E-state index contributed by atoms with van der Waals surface area (Å²) in [6.45, 7) is 3.63. The lowest BCUT2D eigenvalue weighted by Gasteiger charge is -2.32. The van der Waals surface area contributed by atoms with E-state index in [-0.39, 0.29) is 23.5 Å². The van der Waals surface area contributed by atoms with Gasteiger partial charge in [0, 0.05) is 37.3 Å². The van der Waals surface area contributed by atoms with Crippen molar-refractivity contribution in [2.45, 2.75) is 32.1 Å². The molecule has 1 fully saturated rings. The Morgan fingerprint density at radius 1 is 1.29 bits per heavy atom. The number of aromatic amines is 1. The van der Waals surface area contributed by atoms with E-state index < -0.39 is 28.2 Å². The molecule has 0 bridgehead atoms. The molecule has 3 heterocycles. The molecule has 2 atom stereocenters. The van der Waals surface area contributed by atoms with Crippen LogP contribution in [0.4, 0.5) is 23.1 Å². The number of aromatic nitrogens is 2. The van der Waals surface area contributed by atoms with E-state index in [1.807, 2.05) is 4.90 Å². The highest BCUT2D eigenvalue weighted by Gasteiger charge is 2.35. The van der Waals surface area contributed by atoms with E-state index in [1.165, 1.54) is 24.3 Å². The van der Waals surface area contributed by atoms with E-state index in [4.69, 9.17) is 0 Å². The molecule has 4 rings (SSSR count). The third kappa shape index (κ3) is 4.25. The topological polar surface area (TPSA) is 150 Å². The molecule has 1 aromatic heterocycles. The van der Waals surface area contributed by atoms with E-state index in [9.17, 15) is 24.5 Å². The third-order valence-corrected chi connectivity index (χ3v) is 5.56. The number of benzene rings is 1. The second-order valence-corrected chi connectivity index (χ2v) is 7.94. The van der Waals surface area contributed by atoms with E-state index in [0.717, 1.165) is 25.9 Å². The molecule has 0 saturated carbocycles. The Balaban J connectivity index is 1.60. The summed E-state index contributed by atoms with van der Waals surface area (Å²) in [7, 11) is 0. The van der Waals surface area contributed by atoms with Crippen molar-refractivity contribution in [3.8, 4) is 0 Å². The number of anilines is 3. The summed E-state index contributed by atoms with van der Waals surface area (Å²) in [6, 6.07) is 5.31. The molecular weight excluding hydrogens is 404 g/mol. The lowest BCUT2D eigenvalue weighted by atomic mass is 9.92. The van der Waals surface area contributed by atoms with E-state index in [1.54, 1.807) is 0 Å². The normalized spacial score (nSPS) is 20.5. The molecule has 0 aliphatic carbocycles. The number of piperidine rings is 1. The van der Waals surface area contributed by atoms with Crippen molar-refractivity contribution < 1.29 is 14.5 Å². The fourth-order valence-corrected chi connectivity index (χ4v) is 4.01. The van der Waals surface area contributed by atoms with Crippen LogP contribution in [0.25, 0.3) is 0 Å². The molecule has 2 aliphatic rings. The van der Waals surface area contributed by atoms with Gasteiger partial charge in [0.25, 0.3) is 11.2 Å². The van der Waals surface area contributed by atoms with Gasteiger partial charge in [0.2, 0.25) is 17.8 Å². The van der Waals surface area contributed by atoms with Gasteiger partial charge in [-0.25, -0.2) is 0 Å². The van der Waals surface area contributed by atoms with Crippen molar-refractivity contribution in [3.05, 3.63) is 50.3 Å². The zero-order valence-electron chi connectivity index (χ0n) is 16.9. The Morgan fingerprint density at radius 3 is 2.71 bits per heavy atom. The number of H-pyrrole nitrogens is 1. The fraction of sp³-hybridized carbons (Fsp3) is 0.400. The highest BCUT2D eigenvalue weighted by Crippen LogP contribution is 2.31. The van der Waals surface area contributed by atoms with Crippen LogP contribution in [0.5, 0.6) is 0 Å². The molecule has 1 aromatic carbocycles. The van der Waals surface area contributed by atoms with Gasteiger partial charge < -0.3 is 15.5 Å². The van der Waals surface area contributed by atoms with Crippen LogP contribution in [-0.2, 0) is 9.59 Å². The highest BCUT2D eigenvalue weighted by atomic mass is 16.6. The molecule has 2 aliphatic heterocycles. The third-order valence-electron chi connectivity index (χ3n) is 5.56. The second kappa shape index (κ2) is 8.17. The number of nitro benzene ring substituents is 1. The minimum Gasteiger partial charge on any atom is -0.342 e. The lowest BCUT2D eigenvalue weighted by Crippen LogP contribution is -2.40. The van der Waals surface area contributed by atoms with Crippen LogP contribution in [-0.4, -0.2) is 39.8 Å². The quantitative estimate of drug-likeness (QED) is 0.499. The van der Waals surface area contributed by atoms with Crippen LogP contribution >= 0.6 is 0 Å². The van der Waals surface area contributed by atoms with Crippen molar-refractivity contribution >= 4 is 35.0 Å². The van der Waals surface area contributed by atoms with Crippen LogP contribution in [0.2, 0.25) is 0 Å². The van der Waals surface area contributed by atoms with Gasteiger partial charge in [-0.3, -0.25) is 29.5 Å². The number of nitrogens with zero attached hydrogens (tertiary/aromatic N) is 3. The van der Waals surface area contributed by atoms with Crippen LogP contribution in [0.15, 0.2) is 29.1 Å². The van der Waals surface area contributed by atoms with Gasteiger partial charge in [-0.2, -0.15) is 4.98 Å². The van der Waals surface area contributed by atoms with Gasteiger partial charge in [-0.15, -0.1) is 0 Å². The number of rotatable bonds is 4. The summed E-state index contributed by atoms with van der Waals surface area (Å²) in [4.78, 5) is 57.4. The molecule has 11 heteroatoms. The summed E-state index contributed by atoms with van der Waals surface area (Å²) < 4.78 is 0. The maximum Gasteiger partial charge on any atom is 0.269 e. The number of hydrogen-bond acceptors (Lipinski definition) is 7. The molecule has 31 heavy (non-hydrogen) atoms. The van der Waals surface area contributed by atoms with Crippen LogP contribution < -0.4 is 21.1 Å². The van der Waals surface area contributed by atoms with Gasteiger partial charge in [-0.05, 0) is 30.9 Å². The molecule has 2 amide bonds. The number of amides is 2. The minimum absolute atomic E-state index is 0.0945. The Hall–Kier alpha value is -3.76.